The molecule has 0 aliphatic carbocycles. The zero-order chi connectivity index (χ0) is 24.9. The van der Waals surface area contributed by atoms with Crippen LogP contribution in [0.3, 0.4) is 0 Å². The van der Waals surface area contributed by atoms with Crippen molar-refractivity contribution in [3.8, 4) is 11.5 Å². The number of benzene rings is 2. The zero-order valence-corrected chi connectivity index (χ0v) is 18.6. The Morgan fingerprint density at radius 2 is 1.85 bits per heavy atom. The minimum atomic E-state index is -4.84. The largest absolute Gasteiger partial charge is 0.573 e. The number of nitro groups is 1. The van der Waals surface area contributed by atoms with Crippen molar-refractivity contribution < 1.29 is 32.4 Å². The molecule has 2 aromatic carbocycles. The van der Waals surface area contributed by atoms with Crippen molar-refractivity contribution in [3.63, 3.8) is 0 Å². The van der Waals surface area contributed by atoms with E-state index in [0.717, 1.165) is 24.0 Å². The normalized spacial score (nSPS) is 18.3. The first kappa shape index (κ1) is 25.0. The van der Waals surface area contributed by atoms with E-state index in [4.69, 9.17) is 9.84 Å². The van der Waals surface area contributed by atoms with Crippen LogP contribution in [0.5, 0.6) is 11.5 Å². The van der Waals surface area contributed by atoms with Gasteiger partial charge in [-0.1, -0.05) is 25.1 Å². The lowest BCUT2D eigenvalue weighted by Gasteiger charge is -2.35. The number of carbonyl (C=O) groups excluding carboxylic acids is 1. The molecule has 8 nitrogen and oxygen atoms in total. The Kier molecular flexibility index (Phi) is 7.75. The maximum Gasteiger partial charge on any atom is 0.573 e. The fourth-order valence-corrected chi connectivity index (χ4v) is 3.88. The van der Waals surface area contributed by atoms with Gasteiger partial charge in [-0.05, 0) is 36.1 Å². The summed E-state index contributed by atoms with van der Waals surface area (Å²) in [5.74, 6) is -0.467. The third kappa shape index (κ3) is 6.24. The number of halogens is 3. The van der Waals surface area contributed by atoms with Crippen molar-refractivity contribution in [2.45, 2.75) is 45.1 Å². The number of alkyl halides is 3. The van der Waals surface area contributed by atoms with Gasteiger partial charge in [0.05, 0.1) is 18.6 Å². The molecule has 11 heteroatoms. The van der Waals surface area contributed by atoms with E-state index in [0.29, 0.717) is 18.4 Å². The first-order chi connectivity index (χ1) is 16.1. The Morgan fingerprint density at radius 3 is 2.41 bits per heavy atom. The predicted molar refractivity (Wildman–Crippen MR) is 118 cm³/mol. The minimum absolute atomic E-state index is 0.0143. The van der Waals surface area contributed by atoms with Crippen LogP contribution in [0.2, 0.25) is 0 Å². The number of hydrogen-bond acceptors (Lipinski definition) is 7. The first-order valence-electron chi connectivity index (χ1n) is 10.6. The molecule has 0 spiro atoms. The minimum Gasteiger partial charge on any atom is -0.493 e. The summed E-state index contributed by atoms with van der Waals surface area (Å²) in [5.41, 5.74) is 2.19. The van der Waals surface area contributed by atoms with Crippen LogP contribution in [0.15, 0.2) is 47.6 Å². The van der Waals surface area contributed by atoms with Crippen molar-refractivity contribution in [3.05, 3.63) is 63.7 Å². The van der Waals surface area contributed by atoms with Crippen LogP contribution < -0.4 is 9.47 Å². The van der Waals surface area contributed by atoms with Gasteiger partial charge >= 0.3 is 6.36 Å². The van der Waals surface area contributed by atoms with Gasteiger partial charge in [0, 0.05) is 30.2 Å². The van der Waals surface area contributed by atoms with Gasteiger partial charge < -0.3 is 14.3 Å². The van der Waals surface area contributed by atoms with Gasteiger partial charge in [-0.25, -0.2) is 0 Å². The maximum absolute atomic E-state index is 12.6. The van der Waals surface area contributed by atoms with Crippen LogP contribution in [0.25, 0.3) is 0 Å². The SMILES string of the molecule is CCC1CC(C=O)N(Cc2ccc([N+](=O)[O-])cc2)N=C1Cc1ccc(OC(F)(F)F)c(OC)c1. The molecule has 0 aromatic heterocycles. The van der Waals surface area contributed by atoms with E-state index >= 15 is 0 Å². The molecule has 2 atom stereocenters. The second-order valence-electron chi connectivity index (χ2n) is 7.87. The molecular weight excluding hydrogens is 455 g/mol. The summed E-state index contributed by atoms with van der Waals surface area (Å²) in [6, 6.07) is 9.76. The molecule has 182 valence electrons. The molecule has 3 rings (SSSR count). The van der Waals surface area contributed by atoms with E-state index < -0.39 is 23.1 Å². The molecule has 34 heavy (non-hydrogen) atoms. The number of hydrazone groups is 1. The summed E-state index contributed by atoms with van der Waals surface area (Å²) in [6.45, 7) is 2.26. The highest BCUT2D eigenvalue weighted by molar-refractivity contribution is 5.90. The second kappa shape index (κ2) is 10.5. The van der Waals surface area contributed by atoms with E-state index in [2.05, 4.69) is 4.74 Å². The predicted octanol–water partition coefficient (Wildman–Crippen LogP) is 4.90. The summed E-state index contributed by atoms with van der Waals surface area (Å²) in [7, 11) is 1.26. The second-order valence-corrected chi connectivity index (χ2v) is 7.87. The summed E-state index contributed by atoms with van der Waals surface area (Å²) in [6.07, 6.45) is -2.37. The summed E-state index contributed by atoms with van der Waals surface area (Å²) >= 11 is 0. The lowest BCUT2D eigenvalue weighted by atomic mass is 9.87. The molecule has 1 aliphatic heterocycles. The number of hydrogen-bond donors (Lipinski definition) is 0. The smallest absolute Gasteiger partial charge is 0.493 e. The van der Waals surface area contributed by atoms with Crippen LogP contribution in [0, 0.1) is 16.0 Å². The number of non-ortho nitro benzene ring substituents is 1. The molecule has 1 aliphatic rings. The summed E-state index contributed by atoms with van der Waals surface area (Å²) in [4.78, 5) is 22.1. The first-order valence-corrected chi connectivity index (χ1v) is 10.6. The molecule has 0 fully saturated rings. The van der Waals surface area contributed by atoms with Gasteiger partial charge in [0.2, 0.25) is 0 Å². The molecule has 0 saturated carbocycles. The molecule has 0 amide bonds. The third-order valence-electron chi connectivity index (χ3n) is 5.62. The van der Waals surface area contributed by atoms with Crippen molar-refractivity contribution in [2.24, 2.45) is 11.0 Å². The van der Waals surface area contributed by atoms with Gasteiger partial charge in [-0.15, -0.1) is 13.2 Å². The molecule has 1 heterocycles. The zero-order valence-electron chi connectivity index (χ0n) is 18.6. The average molecular weight is 479 g/mol. The number of aldehydes is 1. The van der Waals surface area contributed by atoms with Crippen molar-refractivity contribution in [1.82, 2.24) is 5.01 Å². The van der Waals surface area contributed by atoms with Gasteiger partial charge in [-0.3, -0.25) is 15.1 Å². The summed E-state index contributed by atoms with van der Waals surface area (Å²) < 4.78 is 46.9. The van der Waals surface area contributed by atoms with Crippen LogP contribution in [0.4, 0.5) is 18.9 Å². The van der Waals surface area contributed by atoms with Crippen LogP contribution in [-0.4, -0.2) is 41.4 Å². The van der Waals surface area contributed by atoms with E-state index in [-0.39, 0.29) is 23.9 Å². The Balaban J connectivity index is 1.85. The lowest BCUT2D eigenvalue weighted by Crippen LogP contribution is -2.41. The molecule has 0 N–H and O–H groups in total. The van der Waals surface area contributed by atoms with Crippen molar-refractivity contribution in [1.29, 1.82) is 0 Å². The Hall–Kier alpha value is -3.63. The quantitative estimate of drug-likeness (QED) is 0.289. The van der Waals surface area contributed by atoms with Crippen molar-refractivity contribution >= 4 is 17.7 Å². The highest BCUT2D eigenvalue weighted by Crippen LogP contribution is 2.34. The third-order valence-corrected chi connectivity index (χ3v) is 5.62. The highest BCUT2D eigenvalue weighted by atomic mass is 19.4. The number of nitrogens with zero attached hydrogens (tertiary/aromatic N) is 3. The Bertz CT molecular complexity index is 1060. The standard InChI is InChI=1S/C23H24F3N3O5/c1-3-17-12-19(14-30)28(13-15-4-7-18(8-5-15)29(31)32)27-20(17)10-16-6-9-21(22(11-16)33-2)34-23(24,25)26/h4-9,11,14,17,19H,3,10,12-13H2,1-2H3. The average Bonchev–Trinajstić information content (AvgIpc) is 2.79. The van der Waals surface area contributed by atoms with Crippen LogP contribution in [0.1, 0.15) is 30.9 Å². The number of nitro benzene ring substituents is 1. The van der Waals surface area contributed by atoms with E-state index in [9.17, 15) is 28.1 Å². The van der Waals surface area contributed by atoms with E-state index in [1.54, 1.807) is 17.1 Å². The molecule has 0 bridgehead atoms. The van der Waals surface area contributed by atoms with Gasteiger partial charge in [0.1, 0.15) is 12.3 Å². The van der Waals surface area contributed by atoms with Crippen molar-refractivity contribution in [2.75, 3.05) is 7.11 Å². The fourth-order valence-electron chi connectivity index (χ4n) is 3.88. The van der Waals surface area contributed by atoms with Crippen LogP contribution in [-0.2, 0) is 17.8 Å². The number of carbonyl (C=O) groups is 1. The Morgan fingerprint density at radius 1 is 1.18 bits per heavy atom. The van der Waals surface area contributed by atoms with Gasteiger partial charge in [0.25, 0.3) is 5.69 Å². The van der Waals surface area contributed by atoms with Gasteiger partial charge in [-0.2, -0.15) is 5.10 Å². The Labute approximate surface area is 194 Å². The summed E-state index contributed by atoms with van der Waals surface area (Å²) in [5, 5.41) is 17.2. The fraction of sp³-hybridized carbons (Fsp3) is 0.391. The highest BCUT2D eigenvalue weighted by Gasteiger charge is 2.33. The van der Waals surface area contributed by atoms with E-state index in [1.165, 1.54) is 37.4 Å². The lowest BCUT2D eigenvalue weighted by molar-refractivity contribution is -0.384. The molecule has 2 aromatic rings. The molecule has 2 unspecified atom stereocenters. The topological polar surface area (TPSA) is 94.3 Å². The maximum atomic E-state index is 12.6. The number of rotatable bonds is 9. The molecule has 0 radical (unpaired) electrons. The number of methoxy groups -OCH3 is 1. The monoisotopic (exact) mass is 479 g/mol. The molecular formula is C23H24F3N3O5. The van der Waals surface area contributed by atoms with E-state index in [1.807, 2.05) is 6.92 Å². The van der Waals surface area contributed by atoms with Crippen LogP contribution >= 0.6 is 0 Å². The number of ether oxygens (including phenoxy) is 2. The van der Waals surface area contributed by atoms with Gasteiger partial charge in [0.15, 0.2) is 11.5 Å². The molecule has 0 saturated heterocycles.